The monoisotopic (exact) mass is 391 g/mol. The second-order valence-electron chi connectivity index (χ2n) is 8.54. The van der Waals surface area contributed by atoms with E-state index < -0.39 is 0 Å². The number of pyridine rings is 2. The van der Waals surface area contributed by atoms with Gasteiger partial charge in [0.2, 0.25) is 0 Å². The first-order chi connectivity index (χ1) is 14.0. The Morgan fingerprint density at radius 2 is 2.14 bits per heavy atom. The number of nitrogen functional groups attached to an aromatic ring is 1. The number of rotatable bonds is 6. The molecule has 3 aromatic rings. The van der Waals surface area contributed by atoms with E-state index in [2.05, 4.69) is 21.7 Å². The van der Waals surface area contributed by atoms with Crippen LogP contribution in [0.3, 0.4) is 0 Å². The van der Waals surface area contributed by atoms with Gasteiger partial charge >= 0.3 is 0 Å². The van der Waals surface area contributed by atoms with E-state index in [-0.39, 0.29) is 16.5 Å². The van der Waals surface area contributed by atoms with Gasteiger partial charge in [0.05, 0.1) is 6.61 Å². The van der Waals surface area contributed by atoms with Crippen LogP contribution in [0, 0.1) is 5.41 Å². The van der Waals surface area contributed by atoms with Gasteiger partial charge in [0.25, 0.3) is 5.56 Å². The largest absolute Gasteiger partial charge is 0.493 e. The van der Waals surface area contributed by atoms with Gasteiger partial charge in [-0.3, -0.25) is 4.79 Å². The van der Waals surface area contributed by atoms with Crippen LogP contribution in [0.25, 0.3) is 10.8 Å². The van der Waals surface area contributed by atoms with Crippen molar-refractivity contribution in [1.82, 2.24) is 14.9 Å². The highest BCUT2D eigenvalue weighted by Crippen LogP contribution is 2.54. The Balaban J connectivity index is 1.22. The minimum absolute atomic E-state index is 0.0531. The molecule has 7 heteroatoms. The predicted octanol–water partition coefficient (Wildman–Crippen LogP) is 2.13. The number of nitrogens with two attached hydrogens (primary N) is 1. The minimum Gasteiger partial charge on any atom is -0.493 e. The molecule has 29 heavy (non-hydrogen) atoms. The SMILES string of the molecule is Cn1ccc(OCC23CNC(CNc4cccc5c(N)nccc45)(C2)C3)cc1=O. The third-order valence-corrected chi connectivity index (χ3v) is 6.34. The molecule has 150 valence electrons. The second kappa shape index (κ2) is 6.49. The molecule has 6 rings (SSSR count). The first kappa shape index (κ1) is 18.0. The van der Waals surface area contributed by atoms with Crippen molar-refractivity contribution < 1.29 is 4.74 Å². The summed E-state index contributed by atoms with van der Waals surface area (Å²) < 4.78 is 7.49. The number of anilines is 2. The lowest BCUT2D eigenvalue weighted by Gasteiger charge is -2.46. The zero-order valence-corrected chi connectivity index (χ0v) is 16.4. The van der Waals surface area contributed by atoms with E-state index in [1.807, 2.05) is 24.3 Å². The van der Waals surface area contributed by atoms with Crippen molar-refractivity contribution in [3.05, 3.63) is 59.1 Å². The van der Waals surface area contributed by atoms with E-state index in [0.29, 0.717) is 18.2 Å². The standard InChI is InChI=1S/C22H25N5O2/c1-27-8-6-15(9-19(27)28)29-14-21-10-22(11-21,26-12-21)13-25-18-4-2-3-17-16(18)5-7-24-20(17)23/h2-9,25-26H,10-14H2,1H3,(H2,23,24). The fourth-order valence-electron chi connectivity index (χ4n) is 4.85. The van der Waals surface area contributed by atoms with Crippen LogP contribution in [0.2, 0.25) is 0 Å². The van der Waals surface area contributed by atoms with Crippen molar-refractivity contribution in [3.8, 4) is 5.75 Å². The molecule has 3 aliphatic rings. The number of nitrogens with one attached hydrogen (secondary N) is 2. The number of fused-ring (bicyclic) bond motifs is 2. The summed E-state index contributed by atoms with van der Waals surface area (Å²) in [5.74, 6) is 1.20. The number of hydrogen-bond acceptors (Lipinski definition) is 6. The van der Waals surface area contributed by atoms with Gasteiger partial charge < -0.3 is 25.7 Å². The molecule has 2 aromatic heterocycles. The molecule has 4 heterocycles. The van der Waals surface area contributed by atoms with Crippen LogP contribution in [-0.4, -0.2) is 34.8 Å². The third-order valence-electron chi connectivity index (χ3n) is 6.34. The number of ether oxygens (including phenoxy) is 1. The Kier molecular flexibility index (Phi) is 4.03. The average molecular weight is 391 g/mol. The van der Waals surface area contributed by atoms with E-state index in [1.54, 1.807) is 30.1 Å². The Hall–Kier alpha value is -3.06. The van der Waals surface area contributed by atoms with E-state index in [9.17, 15) is 4.79 Å². The summed E-state index contributed by atoms with van der Waals surface area (Å²) in [6, 6.07) is 11.5. The highest BCUT2D eigenvalue weighted by atomic mass is 16.5. The molecular formula is C22H25N5O2. The Labute approximate surface area is 168 Å². The van der Waals surface area contributed by atoms with Crippen LogP contribution in [0.1, 0.15) is 12.8 Å². The number of aromatic nitrogens is 2. The summed E-state index contributed by atoms with van der Waals surface area (Å²) in [5.41, 5.74) is 7.27. The van der Waals surface area contributed by atoms with E-state index in [1.165, 1.54) is 0 Å². The first-order valence-corrected chi connectivity index (χ1v) is 9.89. The highest BCUT2D eigenvalue weighted by molar-refractivity contribution is 5.99. The zero-order chi connectivity index (χ0) is 20.1. The van der Waals surface area contributed by atoms with Gasteiger partial charge in [0.15, 0.2) is 0 Å². The molecule has 0 unspecified atom stereocenters. The fourth-order valence-corrected chi connectivity index (χ4v) is 4.85. The second-order valence-corrected chi connectivity index (χ2v) is 8.54. The average Bonchev–Trinajstić information content (AvgIpc) is 3.24. The van der Waals surface area contributed by atoms with Crippen molar-refractivity contribution in [1.29, 1.82) is 0 Å². The van der Waals surface area contributed by atoms with E-state index in [0.717, 1.165) is 42.4 Å². The Morgan fingerprint density at radius 1 is 1.28 bits per heavy atom. The van der Waals surface area contributed by atoms with Gasteiger partial charge in [0.1, 0.15) is 11.6 Å². The van der Waals surface area contributed by atoms with Crippen molar-refractivity contribution in [3.63, 3.8) is 0 Å². The van der Waals surface area contributed by atoms with Crippen LogP contribution in [0.5, 0.6) is 5.75 Å². The maximum atomic E-state index is 11.8. The third kappa shape index (κ3) is 3.11. The predicted molar refractivity (Wildman–Crippen MR) is 114 cm³/mol. The molecule has 0 spiro atoms. The number of nitrogens with zero attached hydrogens (tertiary/aromatic N) is 2. The van der Waals surface area contributed by atoms with Gasteiger partial charge in [0, 0.05) is 66.0 Å². The van der Waals surface area contributed by atoms with Gasteiger partial charge in [-0.25, -0.2) is 4.98 Å². The summed E-state index contributed by atoms with van der Waals surface area (Å²) >= 11 is 0. The summed E-state index contributed by atoms with van der Waals surface area (Å²) in [7, 11) is 1.74. The van der Waals surface area contributed by atoms with Crippen molar-refractivity contribution >= 4 is 22.3 Å². The van der Waals surface area contributed by atoms with Crippen molar-refractivity contribution in [2.75, 3.05) is 30.7 Å². The van der Waals surface area contributed by atoms with Crippen LogP contribution in [0.4, 0.5) is 11.5 Å². The zero-order valence-electron chi connectivity index (χ0n) is 16.4. The Morgan fingerprint density at radius 3 is 2.97 bits per heavy atom. The maximum Gasteiger partial charge on any atom is 0.253 e. The molecule has 2 bridgehead atoms. The number of hydrogen-bond donors (Lipinski definition) is 3. The van der Waals surface area contributed by atoms with Crippen LogP contribution >= 0.6 is 0 Å². The molecule has 3 fully saturated rings. The molecule has 0 amide bonds. The molecular weight excluding hydrogens is 366 g/mol. The van der Waals surface area contributed by atoms with Gasteiger partial charge in [-0.1, -0.05) is 12.1 Å². The molecule has 2 aliphatic heterocycles. The van der Waals surface area contributed by atoms with Crippen LogP contribution < -0.4 is 26.7 Å². The van der Waals surface area contributed by atoms with E-state index in [4.69, 9.17) is 10.5 Å². The highest BCUT2D eigenvalue weighted by Gasteiger charge is 2.60. The molecule has 1 saturated carbocycles. The quantitative estimate of drug-likeness (QED) is 0.596. The minimum atomic E-state index is -0.0531. The van der Waals surface area contributed by atoms with E-state index >= 15 is 0 Å². The Bertz CT molecular complexity index is 1130. The lowest BCUT2D eigenvalue weighted by atomic mass is 9.62. The first-order valence-electron chi connectivity index (χ1n) is 9.89. The normalized spacial score (nSPS) is 25.0. The number of benzene rings is 1. The molecule has 4 N–H and O–H groups in total. The van der Waals surface area contributed by atoms with Gasteiger partial charge in [-0.05, 0) is 31.0 Å². The summed E-state index contributed by atoms with van der Waals surface area (Å²) in [4.78, 5) is 15.9. The van der Waals surface area contributed by atoms with Crippen molar-refractivity contribution in [2.24, 2.45) is 12.5 Å². The number of aryl methyl sites for hydroxylation is 1. The van der Waals surface area contributed by atoms with Crippen LogP contribution in [0.15, 0.2) is 53.6 Å². The van der Waals surface area contributed by atoms with Crippen molar-refractivity contribution in [2.45, 2.75) is 18.4 Å². The molecule has 7 nitrogen and oxygen atoms in total. The molecule has 1 aromatic carbocycles. The molecule has 0 radical (unpaired) electrons. The van der Waals surface area contributed by atoms with Gasteiger partial charge in [-0.15, -0.1) is 0 Å². The molecule has 2 saturated heterocycles. The molecule has 1 aliphatic carbocycles. The smallest absolute Gasteiger partial charge is 0.253 e. The molecule has 0 atom stereocenters. The lowest BCUT2D eigenvalue weighted by molar-refractivity contribution is 0.0599. The van der Waals surface area contributed by atoms with Crippen LogP contribution in [-0.2, 0) is 7.05 Å². The lowest BCUT2D eigenvalue weighted by Crippen LogP contribution is -2.54. The fraction of sp³-hybridized carbons (Fsp3) is 0.364. The summed E-state index contributed by atoms with van der Waals surface area (Å²) in [6.07, 6.45) is 5.61. The maximum absolute atomic E-state index is 11.8. The summed E-state index contributed by atoms with van der Waals surface area (Å²) in [5, 5.41) is 9.36. The van der Waals surface area contributed by atoms with Gasteiger partial charge in [-0.2, -0.15) is 0 Å². The topological polar surface area (TPSA) is 94.2 Å². The summed E-state index contributed by atoms with van der Waals surface area (Å²) in [6.45, 7) is 2.42.